The van der Waals surface area contributed by atoms with Crippen LogP contribution in [-0.4, -0.2) is 17.7 Å². The number of benzene rings is 1. The lowest BCUT2D eigenvalue weighted by Gasteiger charge is -2.12. The Kier molecular flexibility index (Phi) is 3.48. The standard InChI is InChI=1S/C10H13NO3/c1-7(11)8-4-2-3-5-9(8)14-6-10(12)13/h2-5,7H,6,11H2,1H3,(H,12,13). The molecule has 1 rings (SSSR count). The summed E-state index contributed by atoms with van der Waals surface area (Å²) in [6, 6.07) is 6.98. The molecular formula is C10H13NO3. The van der Waals surface area contributed by atoms with Crippen molar-refractivity contribution in [1.82, 2.24) is 0 Å². The molecule has 3 N–H and O–H groups in total. The maximum Gasteiger partial charge on any atom is 0.341 e. The Morgan fingerprint density at radius 2 is 2.21 bits per heavy atom. The fraction of sp³-hybridized carbons (Fsp3) is 0.300. The average Bonchev–Trinajstić information content (AvgIpc) is 2.15. The van der Waals surface area contributed by atoms with Gasteiger partial charge >= 0.3 is 5.97 Å². The molecule has 1 atom stereocenters. The van der Waals surface area contributed by atoms with Gasteiger partial charge in [-0.2, -0.15) is 0 Å². The molecule has 0 heterocycles. The molecule has 4 heteroatoms. The Hall–Kier alpha value is -1.55. The minimum absolute atomic E-state index is 0.167. The molecule has 0 aliphatic carbocycles. The van der Waals surface area contributed by atoms with Gasteiger partial charge < -0.3 is 15.6 Å². The van der Waals surface area contributed by atoms with E-state index in [4.69, 9.17) is 15.6 Å². The van der Waals surface area contributed by atoms with E-state index in [-0.39, 0.29) is 12.6 Å². The normalized spacial score (nSPS) is 12.1. The Morgan fingerprint density at radius 1 is 1.57 bits per heavy atom. The van der Waals surface area contributed by atoms with Crippen LogP contribution in [0.1, 0.15) is 18.5 Å². The molecule has 0 saturated heterocycles. The Morgan fingerprint density at radius 3 is 2.79 bits per heavy atom. The molecule has 0 radical (unpaired) electrons. The van der Waals surface area contributed by atoms with Crippen molar-refractivity contribution in [3.63, 3.8) is 0 Å². The second-order valence-electron chi connectivity index (χ2n) is 3.01. The highest BCUT2D eigenvalue weighted by Gasteiger charge is 2.07. The fourth-order valence-electron chi connectivity index (χ4n) is 1.13. The predicted molar refractivity (Wildman–Crippen MR) is 52.2 cm³/mol. The maximum atomic E-state index is 10.3. The SMILES string of the molecule is CC(N)c1ccccc1OCC(=O)O. The molecule has 0 spiro atoms. The zero-order valence-electron chi connectivity index (χ0n) is 7.93. The summed E-state index contributed by atoms with van der Waals surface area (Å²) in [5.74, 6) is -0.464. The number of hydrogen-bond donors (Lipinski definition) is 2. The molecule has 0 bridgehead atoms. The van der Waals surface area contributed by atoms with Crippen LogP contribution in [0.2, 0.25) is 0 Å². The number of para-hydroxylation sites is 1. The molecule has 1 aromatic carbocycles. The fourth-order valence-corrected chi connectivity index (χ4v) is 1.13. The maximum absolute atomic E-state index is 10.3. The summed E-state index contributed by atoms with van der Waals surface area (Å²) in [7, 11) is 0. The molecule has 1 aromatic rings. The Balaban J connectivity index is 2.79. The monoisotopic (exact) mass is 195 g/mol. The summed E-state index contributed by atoms with van der Waals surface area (Å²) in [6.45, 7) is 1.48. The smallest absolute Gasteiger partial charge is 0.341 e. The molecule has 0 aliphatic rings. The molecule has 0 saturated carbocycles. The number of carbonyl (C=O) groups is 1. The van der Waals surface area contributed by atoms with E-state index in [0.29, 0.717) is 5.75 Å². The predicted octanol–water partition coefficient (Wildman–Crippen LogP) is 1.17. The zero-order valence-corrected chi connectivity index (χ0v) is 7.93. The third kappa shape index (κ3) is 2.74. The summed E-state index contributed by atoms with van der Waals surface area (Å²) in [6.07, 6.45) is 0. The van der Waals surface area contributed by atoms with Crippen LogP contribution < -0.4 is 10.5 Å². The largest absolute Gasteiger partial charge is 0.482 e. The van der Waals surface area contributed by atoms with Gasteiger partial charge in [0.15, 0.2) is 6.61 Å². The summed E-state index contributed by atoms with van der Waals surface area (Å²) in [4.78, 5) is 10.3. The summed E-state index contributed by atoms with van der Waals surface area (Å²) < 4.78 is 5.08. The quantitative estimate of drug-likeness (QED) is 0.756. The van der Waals surface area contributed by atoms with Crippen molar-refractivity contribution in [3.05, 3.63) is 29.8 Å². The van der Waals surface area contributed by atoms with E-state index in [1.54, 1.807) is 12.1 Å². The van der Waals surface area contributed by atoms with Gasteiger partial charge in [-0.15, -0.1) is 0 Å². The van der Waals surface area contributed by atoms with Crippen LogP contribution in [0.25, 0.3) is 0 Å². The highest BCUT2D eigenvalue weighted by Crippen LogP contribution is 2.22. The second kappa shape index (κ2) is 4.62. The van der Waals surface area contributed by atoms with Crippen LogP contribution in [0.3, 0.4) is 0 Å². The first-order valence-corrected chi connectivity index (χ1v) is 4.30. The number of rotatable bonds is 4. The van der Waals surface area contributed by atoms with E-state index < -0.39 is 5.97 Å². The minimum atomic E-state index is -0.996. The van der Waals surface area contributed by atoms with Crippen LogP contribution in [0, 0.1) is 0 Å². The van der Waals surface area contributed by atoms with Crippen LogP contribution in [0.4, 0.5) is 0 Å². The second-order valence-corrected chi connectivity index (χ2v) is 3.01. The highest BCUT2D eigenvalue weighted by molar-refractivity contribution is 5.68. The average molecular weight is 195 g/mol. The molecule has 0 aliphatic heterocycles. The molecule has 14 heavy (non-hydrogen) atoms. The number of aliphatic carboxylic acids is 1. The van der Waals surface area contributed by atoms with Crippen molar-refractivity contribution < 1.29 is 14.6 Å². The molecule has 1 unspecified atom stereocenters. The van der Waals surface area contributed by atoms with Crippen LogP contribution in [0.15, 0.2) is 24.3 Å². The molecule has 76 valence electrons. The molecule has 0 fully saturated rings. The first-order valence-electron chi connectivity index (χ1n) is 4.30. The van der Waals surface area contributed by atoms with Crippen LogP contribution in [-0.2, 0) is 4.79 Å². The zero-order chi connectivity index (χ0) is 10.6. The van der Waals surface area contributed by atoms with Gasteiger partial charge in [0, 0.05) is 11.6 Å². The number of hydrogen-bond acceptors (Lipinski definition) is 3. The van der Waals surface area contributed by atoms with E-state index in [2.05, 4.69) is 0 Å². The van der Waals surface area contributed by atoms with E-state index in [0.717, 1.165) is 5.56 Å². The van der Waals surface area contributed by atoms with Crippen LogP contribution in [0.5, 0.6) is 5.75 Å². The lowest BCUT2D eigenvalue weighted by Crippen LogP contribution is -2.13. The number of carboxylic acid groups (broad SMARTS) is 1. The van der Waals surface area contributed by atoms with Gasteiger partial charge in [-0.25, -0.2) is 4.79 Å². The van der Waals surface area contributed by atoms with Crippen molar-refractivity contribution in [2.75, 3.05) is 6.61 Å². The third-order valence-corrected chi connectivity index (χ3v) is 1.76. The van der Waals surface area contributed by atoms with Gasteiger partial charge in [0.05, 0.1) is 0 Å². The topological polar surface area (TPSA) is 72.5 Å². The molecule has 4 nitrogen and oxygen atoms in total. The van der Waals surface area contributed by atoms with Crippen molar-refractivity contribution in [2.24, 2.45) is 5.73 Å². The summed E-state index contributed by atoms with van der Waals surface area (Å²) in [5.41, 5.74) is 6.51. The van der Waals surface area contributed by atoms with Gasteiger partial charge in [-0.1, -0.05) is 18.2 Å². The van der Waals surface area contributed by atoms with Crippen molar-refractivity contribution in [2.45, 2.75) is 13.0 Å². The lowest BCUT2D eigenvalue weighted by atomic mass is 10.1. The van der Waals surface area contributed by atoms with E-state index >= 15 is 0 Å². The van der Waals surface area contributed by atoms with Gasteiger partial charge in [-0.05, 0) is 13.0 Å². The van der Waals surface area contributed by atoms with Crippen molar-refractivity contribution in [1.29, 1.82) is 0 Å². The Bertz CT molecular complexity index is 323. The third-order valence-electron chi connectivity index (χ3n) is 1.76. The number of ether oxygens (including phenoxy) is 1. The van der Waals surface area contributed by atoms with E-state index in [9.17, 15) is 4.79 Å². The molecule has 0 aromatic heterocycles. The lowest BCUT2D eigenvalue weighted by molar-refractivity contribution is -0.139. The Labute approximate surface area is 82.3 Å². The highest BCUT2D eigenvalue weighted by atomic mass is 16.5. The van der Waals surface area contributed by atoms with Gasteiger partial charge in [0.2, 0.25) is 0 Å². The van der Waals surface area contributed by atoms with Gasteiger partial charge in [0.25, 0.3) is 0 Å². The van der Waals surface area contributed by atoms with Crippen molar-refractivity contribution in [3.8, 4) is 5.75 Å². The molecule has 0 amide bonds. The summed E-state index contributed by atoms with van der Waals surface area (Å²) in [5, 5.41) is 8.45. The molecular weight excluding hydrogens is 182 g/mol. The number of carboxylic acids is 1. The first kappa shape index (κ1) is 10.5. The van der Waals surface area contributed by atoms with E-state index in [1.807, 2.05) is 19.1 Å². The van der Waals surface area contributed by atoms with Crippen molar-refractivity contribution >= 4 is 5.97 Å². The first-order chi connectivity index (χ1) is 6.61. The van der Waals surface area contributed by atoms with Crippen LogP contribution >= 0.6 is 0 Å². The van der Waals surface area contributed by atoms with Gasteiger partial charge in [0.1, 0.15) is 5.75 Å². The minimum Gasteiger partial charge on any atom is -0.482 e. The van der Waals surface area contributed by atoms with Gasteiger partial charge in [-0.3, -0.25) is 0 Å². The van der Waals surface area contributed by atoms with E-state index in [1.165, 1.54) is 0 Å². The summed E-state index contributed by atoms with van der Waals surface area (Å²) >= 11 is 0. The number of nitrogens with two attached hydrogens (primary N) is 1.